The number of carbonyl (C=O) groups excluding carboxylic acids is 2. The topological polar surface area (TPSA) is 120 Å². The zero-order valence-corrected chi connectivity index (χ0v) is 23.0. The summed E-state index contributed by atoms with van der Waals surface area (Å²) in [5, 5.41) is 9.75. The second-order valence-corrected chi connectivity index (χ2v) is 10.1. The minimum Gasteiger partial charge on any atom is -0.481 e. The van der Waals surface area contributed by atoms with Gasteiger partial charge in [-0.3, -0.25) is 9.69 Å². The zero-order valence-electron chi connectivity index (χ0n) is 23.0. The lowest BCUT2D eigenvalue weighted by Gasteiger charge is -2.22. The Morgan fingerprint density at radius 1 is 1.20 bits per heavy atom. The average molecular weight is 575 g/mol. The number of aliphatic hydroxyl groups is 1. The standard InChI is InChI=1S/C29H33F3N4O5/c1-17(36-11-13-40-28(36)39)27-34-25(16-35(27)3)20-6-4-19(5-7-20)14-21(10-12-37)24-15-22(8-9-23(24)26(33)38)41-18(2)29(30,31)32/h4-9,15-18,21,37H,10-14H2,1-3H3,(H2,33,38)/t17-,18?,21-/m1/s1. The van der Waals surface area contributed by atoms with Crippen molar-refractivity contribution in [3.8, 4) is 17.0 Å². The number of aryl methyl sites for hydroxylation is 1. The first-order valence-corrected chi connectivity index (χ1v) is 13.2. The Morgan fingerprint density at radius 2 is 1.90 bits per heavy atom. The maximum atomic E-state index is 13.1. The first-order chi connectivity index (χ1) is 19.4. The number of imidazole rings is 1. The lowest BCUT2D eigenvalue weighted by atomic mass is 9.86. The number of aliphatic hydroxyl groups excluding tert-OH is 1. The molecule has 2 aromatic carbocycles. The van der Waals surface area contributed by atoms with E-state index in [2.05, 4.69) is 0 Å². The number of hydrogen-bond acceptors (Lipinski definition) is 6. The number of carbonyl (C=O) groups is 2. The molecular formula is C29H33F3N4O5. The van der Waals surface area contributed by atoms with Crippen molar-refractivity contribution in [3.63, 3.8) is 0 Å². The minimum atomic E-state index is -4.55. The fourth-order valence-electron chi connectivity index (χ4n) is 4.97. The molecular weight excluding hydrogens is 541 g/mol. The van der Waals surface area contributed by atoms with Crippen LogP contribution in [0.2, 0.25) is 0 Å². The third kappa shape index (κ3) is 6.82. The van der Waals surface area contributed by atoms with Crippen molar-refractivity contribution in [2.75, 3.05) is 19.8 Å². The first-order valence-electron chi connectivity index (χ1n) is 13.2. The van der Waals surface area contributed by atoms with E-state index < -0.39 is 24.1 Å². The molecule has 0 saturated carbocycles. The van der Waals surface area contributed by atoms with Gasteiger partial charge in [0, 0.05) is 31.0 Å². The van der Waals surface area contributed by atoms with Gasteiger partial charge in [-0.2, -0.15) is 13.2 Å². The van der Waals surface area contributed by atoms with E-state index in [9.17, 15) is 27.9 Å². The Labute approximate surface area is 235 Å². The highest BCUT2D eigenvalue weighted by Gasteiger charge is 2.38. The van der Waals surface area contributed by atoms with Crippen molar-refractivity contribution >= 4 is 12.0 Å². The second kappa shape index (κ2) is 12.2. The van der Waals surface area contributed by atoms with Crippen molar-refractivity contribution in [1.29, 1.82) is 0 Å². The van der Waals surface area contributed by atoms with Crippen LogP contribution in [0.15, 0.2) is 48.7 Å². The van der Waals surface area contributed by atoms with Crippen LogP contribution in [0.25, 0.3) is 11.3 Å². The smallest absolute Gasteiger partial charge is 0.425 e. The SMILES string of the molecule is CC(Oc1ccc(C(N)=O)c([C@H](CCO)Cc2ccc(-c3cn(C)c([C@@H](C)N4CCOC4=O)n3)cc2)c1)C(F)(F)F. The molecule has 1 unspecified atom stereocenters. The van der Waals surface area contributed by atoms with Gasteiger partial charge in [-0.05, 0) is 61.9 Å². The molecule has 3 atom stereocenters. The number of halogens is 3. The normalized spacial score (nSPS) is 15.9. The van der Waals surface area contributed by atoms with Crippen LogP contribution in [-0.2, 0) is 18.2 Å². The third-order valence-electron chi connectivity index (χ3n) is 7.26. The van der Waals surface area contributed by atoms with E-state index in [4.69, 9.17) is 20.2 Å². The van der Waals surface area contributed by atoms with Crippen molar-refractivity contribution in [2.45, 2.75) is 50.9 Å². The van der Waals surface area contributed by atoms with E-state index in [1.807, 2.05) is 49.0 Å². The molecule has 220 valence electrons. The highest BCUT2D eigenvalue weighted by molar-refractivity contribution is 5.94. The molecule has 0 aliphatic carbocycles. The number of hydrogen-bond donors (Lipinski definition) is 2. The van der Waals surface area contributed by atoms with Crippen molar-refractivity contribution in [1.82, 2.24) is 14.5 Å². The number of nitrogens with zero attached hydrogens (tertiary/aromatic N) is 3. The van der Waals surface area contributed by atoms with Crippen LogP contribution in [0.1, 0.15) is 59.5 Å². The molecule has 1 saturated heterocycles. The number of cyclic esters (lactones) is 1. The Morgan fingerprint density at radius 3 is 2.49 bits per heavy atom. The van der Waals surface area contributed by atoms with Gasteiger partial charge >= 0.3 is 12.3 Å². The van der Waals surface area contributed by atoms with Crippen LogP contribution < -0.4 is 10.5 Å². The number of amides is 2. The molecule has 41 heavy (non-hydrogen) atoms. The van der Waals surface area contributed by atoms with Crippen LogP contribution in [0, 0.1) is 0 Å². The number of alkyl halides is 3. The van der Waals surface area contributed by atoms with Gasteiger partial charge in [0.2, 0.25) is 5.91 Å². The van der Waals surface area contributed by atoms with E-state index in [0.717, 1.165) is 23.7 Å². The number of aromatic nitrogens is 2. The molecule has 9 nitrogen and oxygen atoms in total. The van der Waals surface area contributed by atoms with Crippen molar-refractivity contribution < 1.29 is 37.3 Å². The Kier molecular flexibility index (Phi) is 8.91. The van der Waals surface area contributed by atoms with E-state index in [0.29, 0.717) is 31.0 Å². The molecule has 1 fully saturated rings. The molecule has 0 spiro atoms. The molecule has 0 bridgehead atoms. The molecule has 3 aromatic rings. The minimum absolute atomic E-state index is 0.0458. The molecule has 1 aromatic heterocycles. The molecule has 2 amide bonds. The zero-order chi connectivity index (χ0) is 29.9. The summed E-state index contributed by atoms with van der Waals surface area (Å²) in [5.74, 6) is -0.473. The van der Waals surface area contributed by atoms with Gasteiger partial charge < -0.3 is 24.9 Å². The molecule has 1 aliphatic heterocycles. The summed E-state index contributed by atoms with van der Waals surface area (Å²) in [5.41, 5.74) is 8.58. The summed E-state index contributed by atoms with van der Waals surface area (Å²) >= 11 is 0. The predicted octanol–water partition coefficient (Wildman–Crippen LogP) is 4.74. The van der Waals surface area contributed by atoms with Crippen LogP contribution in [-0.4, -0.2) is 63.6 Å². The highest BCUT2D eigenvalue weighted by Crippen LogP contribution is 2.33. The van der Waals surface area contributed by atoms with Gasteiger partial charge in [0.1, 0.15) is 18.2 Å². The first kappa shape index (κ1) is 29.9. The maximum Gasteiger partial charge on any atom is 0.425 e. The van der Waals surface area contributed by atoms with Crippen molar-refractivity contribution in [2.24, 2.45) is 12.8 Å². The predicted molar refractivity (Wildman–Crippen MR) is 144 cm³/mol. The monoisotopic (exact) mass is 574 g/mol. The number of benzene rings is 2. The van der Waals surface area contributed by atoms with Gasteiger partial charge in [0.15, 0.2) is 6.10 Å². The lowest BCUT2D eigenvalue weighted by Crippen LogP contribution is -2.31. The molecule has 3 N–H and O–H groups in total. The largest absolute Gasteiger partial charge is 0.481 e. The number of primary amides is 1. The van der Waals surface area contributed by atoms with E-state index in [-0.39, 0.29) is 36.5 Å². The van der Waals surface area contributed by atoms with Crippen molar-refractivity contribution in [3.05, 3.63) is 71.2 Å². The Balaban J connectivity index is 1.56. The second-order valence-electron chi connectivity index (χ2n) is 10.1. The molecule has 0 radical (unpaired) electrons. The molecule has 1 aliphatic rings. The highest BCUT2D eigenvalue weighted by atomic mass is 19.4. The van der Waals surface area contributed by atoms with Crippen LogP contribution in [0.3, 0.4) is 0 Å². The fraction of sp³-hybridized carbons (Fsp3) is 0.414. The quantitative estimate of drug-likeness (QED) is 0.342. The average Bonchev–Trinajstić information content (AvgIpc) is 3.53. The molecule has 2 heterocycles. The molecule has 12 heteroatoms. The number of nitrogens with two attached hydrogens (primary N) is 1. The van der Waals surface area contributed by atoms with Gasteiger partial charge in [0.25, 0.3) is 0 Å². The van der Waals surface area contributed by atoms with Crippen LogP contribution in [0.5, 0.6) is 5.75 Å². The van der Waals surface area contributed by atoms with E-state index >= 15 is 0 Å². The summed E-state index contributed by atoms with van der Waals surface area (Å²) in [6.07, 6.45) is -4.44. The van der Waals surface area contributed by atoms with Crippen LogP contribution in [0.4, 0.5) is 18.0 Å². The fourth-order valence-corrected chi connectivity index (χ4v) is 4.97. The van der Waals surface area contributed by atoms with E-state index in [1.54, 1.807) is 4.90 Å². The Bertz CT molecular complexity index is 1390. The number of ether oxygens (including phenoxy) is 2. The summed E-state index contributed by atoms with van der Waals surface area (Å²) in [6, 6.07) is 11.3. The Hall–Kier alpha value is -4.06. The summed E-state index contributed by atoms with van der Waals surface area (Å²) in [6.45, 7) is 3.45. The molecule has 4 rings (SSSR count). The summed E-state index contributed by atoms with van der Waals surface area (Å²) < 4.78 is 51.2. The number of rotatable bonds is 11. The summed E-state index contributed by atoms with van der Waals surface area (Å²) in [7, 11) is 1.86. The summed E-state index contributed by atoms with van der Waals surface area (Å²) in [4.78, 5) is 30.5. The van der Waals surface area contributed by atoms with Gasteiger partial charge in [0.05, 0.1) is 18.3 Å². The third-order valence-corrected chi connectivity index (χ3v) is 7.26. The van der Waals surface area contributed by atoms with Gasteiger partial charge in [-0.25, -0.2) is 9.78 Å². The van der Waals surface area contributed by atoms with Crippen LogP contribution >= 0.6 is 0 Å². The lowest BCUT2D eigenvalue weighted by molar-refractivity contribution is -0.189. The van der Waals surface area contributed by atoms with Gasteiger partial charge in [-0.1, -0.05) is 24.3 Å². The maximum absolute atomic E-state index is 13.1. The van der Waals surface area contributed by atoms with Gasteiger partial charge in [-0.15, -0.1) is 0 Å². The van der Waals surface area contributed by atoms with E-state index in [1.165, 1.54) is 18.2 Å².